The molecule has 0 bridgehead atoms. The normalized spacial score (nSPS) is 29.9. The molecule has 1 aliphatic rings. The second-order valence-electron chi connectivity index (χ2n) is 1.82. The Morgan fingerprint density at radius 3 is 1.70 bits per heavy atom. The monoisotopic (exact) mass is 184 g/mol. The first kappa shape index (κ1) is 14.6. The van der Waals surface area contributed by atoms with Gasteiger partial charge in [-0.3, -0.25) is 4.57 Å². The van der Waals surface area contributed by atoms with Gasteiger partial charge in [0.25, 0.3) is 0 Å². The van der Waals surface area contributed by atoms with Crippen LogP contribution < -0.4 is 59.1 Å². The number of hydrogen-bond acceptors (Lipinski definition) is 2. The van der Waals surface area contributed by atoms with Crippen molar-refractivity contribution >= 4 is 7.60 Å². The Morgan fingerprint density at radius 2 is 1.70 bits per heavy atom. The molecule has 0 saturated carbocycles. The molecule has 7 heteroatoms. The Kier molecular flexibility index (Phi) is 7.27. The summed E-state index contributed by atoms with van der Waals surface area (Å²) in [7, 11) is -3.90. The van der Waals surface area contributed by atoms with Crippen molar-refractivity contribution in [3.63, 3.8) is 0 Å². The molecule has 1 fully saturated rings. The summed E-state index contributed by atoms with van der Waals surface area (Å²) in [5, 5.41) is 0. The van der Waals surface area contributed by atoms with Gasteiger partial charge in [0, 0.05) is 0 Å². The van der Waals surface area contributed by atoms with Crippen LogP contribution in [0.1, 0.15) is 6.92 Å². The number of rotatable bonds is 1. The van der Waals surface area contributed by atoms with E-state index in [-0.39, 0.29) is 65.2 Å². The van der Waals surface area contributed by atoms with E-state index in [1.807, 2.05) is 0 Å². The van der Waals surface area contributed by atoms with Crippen LogP contribution in [0.5, 0.6) is 0 Å². The zero-order chi connectivity index (χ0) is 6.36. The maximum atomic E-state index is 10.2. The number of epoxide rings is 1. The minimum Gasteiger partial charge on any atom is -0.356 e. The fourth-order valence-electron chi connectivity index (χ4n) is 0.527. The van der Waals surface area contributed by atoms with Gasteiger partial charge in [0.2, 0.25) is 0 Å². The Balaban J connectivity index is 0. The summed E-state index contributed by atoms with van der Waals surface area (Å²) in [6, 6.07) is 0. The van der Waals surface area contributed by atoms with Gasteiger partial charge in [-0.2, -0.15) is 0 Å². The van der Waals surface area contributed by atoms with Gasteiger partial charge in [0.15, 0.2) is 5.85 Å². The van der Waals surface area contributed by atoms with Crippen LogP contribution in [0.15, 0.2) is 0 Å². The van der Waals surface area contributed by atoms with Crippen molar-refractivity contribution < 1.29 is 78.2 Å². The summed E-state index contributed by atoms with van der Waals surface area (Å²) in [5.41, 5.74) is 0. The molecule has 48 valence electrons. The molecule has 10 heavy (non-hydrogen) atoms. The van der Waals surface area contributed by atoms with E-state index in [4.69, 9.17) is 9.79 Å². The average Bonchev–Trinajstić information content (AvgIpc) is 2.13. The van der Waals surface area contributed by atoms with Crippen molar-refractivity contribution in [2.45, 2.75) is 18.9 Å². The van der Waals surface area contributed by atoms with Gasteiger partial charge in [0.05, 0.1) is 6.10 Å². The predicted molar refractivity (Wildman–Crippen MR) is 26.4 cm³/mol. The molecule has 0 aromatic heterocycles. The van der Waals surface area contributed by atoms with Crippen LogP contribution in [-0.2, 0) is 9.30 Å². The molecular formula is C3H7Na2O4P+2. The third-order valence-electron chi connectivity index (χ3n) is 1.01. The Morgan fingerprint density at radius 1 is 1.40 bits per heavy atom. The quantitative estimate of drug-likeness (QED) is 0.242. The molecule has 2 N–H and O–H groups in total. The van der Waals surface area contributed by atoms with Crippen LogP contribution in [0.3, 0.4) is 0 Å². The van der Waals surface area contributed by atoms with Crippen molar-refractivity contribution in [1.82, 2.24) is 0 Å². The Labute approximate surface area is 103 Å². The summed E-state index contributed by atoms with van der Waals surface area (Å²) in [4.78, 5) is 16.6. The van der Waals surface area contributed by atoms with Crippen molar-refractivity contribution in [3.8, 4) is 0 Å². The van der Waals surface area contributed by atoms with Crippen LogP contribution in [0.2, 0.25) is 0 Å². The molecule has 0 aromatic rings. The van der Waals surface area contributed by atoms with Crippen molar-refractivity contribution in [2.75, 3.05) is 0 Å². The molecule has 1 heterocycles. The summed E-state index contributed by atoms with van der Waals surface area (Å²) < 4.78 is 14.7. The molecule has 0 radical (unpaired) electrons. The molecule has 0 amide bonds. The van der Waals surface area contributed by atoms with Gasteiger partial charge >= 0.3 is 66.7 Å². The molecule has 1 rings (SSSR count). The van der Waals surface area contributed by atoms with E-state index < -0.39 is 13.4 Å². The SMILES string of the molecule is CC1OC1P(=O)(O)O.[Na+].[Na+]. The van der Waals surface area contributed by atoms with Gasteiger partial charge in [-0.1, -0.05) is 0 Å². The van der Waals surface area contributed by atoms with Crippen molar-refractivity contribution in [2.24, 2.45) is 0 Å². The van der Waals surface area contributed by atoms with Crippen LogP contribution in [0, 0.1) is 0 Å². The molecule has 0 aliphatic carbocycles. The van der Waals surface area contributed by atoms with E-state index in [9.17, 15) is 4.57 Å². The topological polar surface area (TPSA) is 70.1 Å². The molecule has 2 atom stereocenters. The van der Waals surface area contributed by atoms with Crippen LogP contribution in [0.25, 0.3) is 0 Å². The fourth-order valence-corrected chi connectivity index (χ4v) is 1.42. The largest absolute Gasteiger partial charge is 1.00 e. The van der Waals surface area contributed by atoms with E-state index in [2.05, 4.69) is 4.74 Å². The zero-order valence-corrected chi connectivity index (χ0v) is 11.2. The molecule has 0 aromatic carbocycles. The molecule has 4 nitrogen and oxygen atoms in total. The zero-order valence-electron chi connectivity index (χ0n) is 6.31. The van der Waals surface area contributed by atoms with Gasteiger partial charge in [-0.25, -0.2) is 0 Å². The first-order valence-corrected chi connectivity index (χ1v) is 3.90. The maximum Gasteiger partial charge on any atom is 1.00 e. The van der Waals surface area contributed by atoms with E-state index in [1.54, 1.807) is 6.92 Å². The molecule has 1 aliphatic heterocycles. The minimum absolute atomic E-state index is 0. The third-order valence-corrected chi connectivity index (χ3v) is 2.22. The summed E-state index contributed by atoms with van der Waals surface area (Å²) in [6.07, 6.45) is -0.254. The van der Waals surface area contributed by atoms with E-state index in [0.29, 0.717) is 0 Å². The Hall–Kier alpha value is 2.11. The molecule has 2 unspecified atom stereocenters. The van der Waals surface area contributed by atoms with Crippen molar-refractivity contribution in [1.29, 1.82) is 0 Å². The van der Waals surface area contributed by atoms with Gasteiger partial charge < -0.3 is 14.5 Å². The second kappa shape index (κ2) is 4.97. The molecular weight excluding hydrogens is 177 g/mol. The minimum atomic E-state index is -3.90. The van der Waals surface area contributed by atoms with E-state index >= 15 is 0 Å². The van der Waals surface area contributed by atoms with Gasteiger partial charge in [-0.15, -0.1) is 0 Å². The van der Waals surface area contributed by atoms with Gasteiger partial charge in [0.1, 0.15) is 0 Å². The molecule has 1 saturated heterocycles. The second-order valence-corrected chi connectivity index (χ2v) is 3.51. The molecule has 0 spiro atoms. The predicted octanol–water partition coefficient (Wildman–Crippen LogP) is -6.08. The smallest absolute Gasteiger partial charge is 0.356 e. The summed E-state index contributed by atoms with van der Waals surface area (Å²) in [6.45, 7) is 1.63. The summed E-state index contributed by atoms with van der Waals surface area (Å²) >= 11 is 0. The average molecular weight is 184 g/mol. The number of hydrogen-bond donors (Lipinski definition) is 2. The third kappa shape index (κ3) is 4.21. The standard InChI is InChI=1S/C3H7O4P.2Na/c1-2-3(7-2)8(4,5)6;;/h2-3H,1H3,(H2,4,5,6);;/q;2*+1. The van der Waals surface area contributed by atoms with E-state index in [0.717, 1.165) is 0 Å². The van der Waals surface area contributed by atoms with Crippen LogP contribution in [-0.4, -0.2) is 21.7 Å². The van der Waals surface area contributed by atoms with Gasteiger partial charge in [-0.05, 0) is 6.92 Å². The first-order valence-electron chi connectivity index (χ1n) is 2.22. The summed E-state index contributed by atoms with van der Waals surface area (Å²) in [5.74, 6) is -0.817. The van der Waals surface area contributed by atoms with Crippen LogP contribution in [0.4, 0.5) is 0 Å². The number of ether oxygens (including phenoxy) is 1. The van der Waals surface area contributed by atoms with Crippen molar-refractivity contribution in [3.05, 3.63) is 0 Å². The van der Waals surface area contributed by atoms with E-state index in [1.165, 1.54) is 0 Å². The fraction of sp³-hybridized carbons (Fsp3) is 1.00. The van der Waals surface area contributed by atoms with Crippen LogP contribution >= 0.6 is 7.60 Å². The maximum absolute atomic E-state index is 10.2. The Bertz CT molecular complexity index is 145. The first-order chi connectivity index (χ1) is 3.52.